The third-order valence-corrected chi connectivity index (χ3v) is 7.80. The third-order valence-electron chi connectivity index (χ3n) is 6.67. The monoisotopic (exact) mass is 430 g/mol. The maximum absolute atomic E-state index is 12.8. The van der Waals surface area contributed by atoms with Crippen LogP contribution < -0.4 is 0 Å². The fourth-order valence-electron chi connectivity index (χ4n) is 4.86. The minimum Gasteiger partial charge on any atom is -0.302 e. The Morgan fingerprint density at radius 3 is 0.897 bits per heavy atom. The molecule has 0 spiro atoms. The van der Waals surface area contributed by atoms with Crippen LogP contribution in [0.3, 0.4) is 0 Å². The highest BCUT2D eigenvalue weighted by Gasteiger charge is 2.30. The molecule has 4 nitrogen and oxygen atoms in total. The van der Waals surface area contributed by atoms with E-state index in [4.69, 9.17) is 9.05 Å². The van der Waals surface area contributed by atoms with E-state index in [0.717, 1.165) is 51.4 Å². The minimum absolute atomic E-state index is 0.128. The number of phosphoric acid groups is 1. The normalized spacial score (nSPS) is 24.6. The molecule has 2 fully saturated rings. The first kappa shape index (κ1) is 25.4. The van der Waals surface area contributed by atoms with Gasteiger partial charge >= 0.3 is 7.82 Å². The largest absolute Gasteiger partial charge is 0.472 e. The molecule has 1 N–H and O–H groups in total. The highest BCUT2D eigenvalue weighted by Crippen LogP contribution is 2.48. The van der Waals surface area contributed by atoms with Crippen molar-refractivity contribution in [1.82, 2.24) is 0 Å². The molecule has 0 aliphatic heterocycles. The molecule has 5 heteroatoms. The summed E-state index contributed by atoms with van der Waals surface area (Å²) in [6.45, 7) is 0. The van der Waals surface area contributed by atoms with Gasteiger partial charge in [-0.1, -0.05) is 116 Å². The Labute approximate surface area is 180 Å². The summed E-state index contributed by atoms with van der Waals surface area (Å²) in [7, 11) is -3.99. The van der Waals surface area contributed by atoms with Gasteiger partial charge in [-0.05, 0) is 25.7 Å². The van der Waals surface area contributed by atoms with Crippen LogP contribution in [0.2, 0.25) is 0 Å². The Kier molecular flexibility index (Phi) is 13.9. The Balaban J connectivity index is 1.82. The van der Waals surface area contributed by atoms with Crippen molar-refractivity contribution in [3.05, 3.63) is 0 Å². The van der Waals surface area contributed by atoms with Crippen molar-refractivity contribution in [3.8, 4) is 0 Å². The Hall–Kier alpha value is 0.110. The first-order chi connectivity index (χ1) is 14.2. The van der Waals surface area contributed by atoms with E-state index in [1.54, 1.807) is 0 Å². The van der Waals surface area contributed by atoms with E-state index in [1.165, 1.54) is 89.9 Å². The van der Waals surface area contributed by atoms with Crippen molar-refractivity contribution >= 4 is 7.82 Å². The van der Waals surface area contributed by atoms with Crippen LogP contribution in [0.4, 0.5) is 0 Å². The van der Waals surface area contributed by atoms with Crippen molar-refractivity contribution in [2.24, 2.45) is 0 Å². The van der Waals surface area contributed by atoms with E-state index in [0.29, 0.717) is 0 Å². The van der Waals surface area contributed by atoms with Crippen LogP contribution in [0, 0.1) is 0 Å². The SMILES string of the molecule is O=P(O)(OC1CCCCCCCCCCC1)OC1CCCCCCCCCCC1. The zero-order valence-corrected chi connectivity index (χ0v) is 19.7. The molecular formula is C24H47O4P. The molecule has 29 heavy (non-hydrogen) atoms. The molecule has 0 aromatic heterocycles. The first-order valence-corrected chi connectivity index (χ1v) is 14.3. The van der Waals surface area contributed by atoms with Crippen LogP contribution in [-0.2, 0) is 13.6 Å². The van der Waals surface area contributed by atoms with E-state index in [-0.39, 0.29) is 12.2 Å². The second-order valence-electron chi connectivity index (χ2n) is 9.44. The molecule has 0 amide bonds. The van der Waals surface area contributed by atoms with E-state index >= 15 is 0 Å². The van der Waals surface area contributed by atoms with Gasteiger partial charge in [0.15, 0.2) is 0 Å². The molecule has 2 aliphatic rings. The van der Waals surface area contributed by atoms with Gasteiger partial charge in [-0.15, -0.1) is 0 Å². The molecule has 0 atom stereocenters. The Morgan fingerprint density at radius 1 is 0.448 bits per heavy atom. The van der Waals surface area contributed by atoms with Crippen LogP contribution in [0.15, 0.2) is 0 Å². The lowest BCUT2D eigenvalue weighted by atomic mass is 10.00. The van der Waals surface area contributed by atoms with Gasteiger partial charge in [-0.3, -0.25) is 9.05 Å². The van der Waals surface area contributed by atoms with Crippen LogP contribution >= 0.6 is 7.82 Å². The maximum atomic E-state index is 12.8. The van der Waals surface area contributed by atoms with E-state index in [9.17, 15) is 9.46 Å². The predicted octanol–water partition coefficient (Wildman–Crippen LogP) is 8.47. The van der Waals surface area contributed by atoms with Crippen molar-refractivity contribution < 1.29 is 18.5 Å². The van der Waals surface area contributed by atoms with Gasteiger partial charge in [-0.2, -0.15) is 0 Å². The number of hydrogen-bond acceptors (Lipinski definition) is 3. The highest BCUT2D eigenvalue weighted by molar-refractivity contribution is 7.47. The van der Waals surface area contributed by atoms with Crippen molar-refractivity contribution in [2.75, 3.05) is 0 Å². The summed E-state index contributed by atoms with van der Waals surface area (Å²) in [5.41, 5.74) is 0. The lowest BCUT2D eigenvalue weighted by Gasteiger charge is -2.25. The van der Waals surface area contributed by atoms with Crippen LogP contribution in [-0.4, -0.2) is 17.1 Å². The third kappa shape index (κ3) is 13.2. The van der Waals surface area contributed by atoms with Crippen molar-refractivity contribution in [2.45, 2.75) is 153 Å². The quantitative estimate of drug-likeness (QED) is 0.454. The molecule has 0 unspecified atom stereocenters. The average Bonchev–Trinajstić information content (AvgIpc) is 2.66. The average molecular weight is 431 g/mol. The van der Waals surface area contributed by atoms with Crippen molar-refractivity contribution in [1.29, 1.82) is 0 Å². The molecule has 0 bridgehead atoms. The number of rotatable bonds is 4. The van der Waals surface area contributed by atoms with E-state index in [1.807, 2.05) is 0 Å². The first-order valence-electron chi connectivity index (χ1n) is 12.9. The van der Waals surface area contributed by atoms with Gasteiger partial charge in [0.05, 0.1) is 12.2 Å². The zero-order chi connectivity index (χ0) is 20.6. The van der Waals surface area contributed by atoms with Crippen LogP contribution in [0.5, 0.6) is 0 Å². The molecule has 2 saturated carbocycles. The molecule has 0 radical (unpaired) electrons. The Morgan fingerprint density at radius 2 is 0.655 bits per heavy atom. The number of hydrogen-bond donors (Lipinski definition) is 1. The van der Waals surface area contributed by atoms with Gasteiger partial charge < -0.3 is 4.89 Å². The second-order valence-corrected chi connectivity index (χ2v) is 10.8. The van der Waals surface area contributed by atoms with Crippen LogP contribution in [0.25, 0.3) is 0 Å². The number of phosphoric ester groups is 1. The molecule has 0 saturated heterocycles. The minimum atomic E-state index is -3.99. The highest BCUT2D eigenvalue weighted by atomic mass is 31.2. The topological polar surface area (TPSA) is 55.8 Å². The van der Waals surface area contributed by atoms with Crippen LogP contribution in [0.1, 0.15) is 141 Å². The lowest BCUT2D eigenvalue weighted by Crippen LogP contribution is -2.17. The summed E-state index contributed by atoms with van der Waals surface area (Å²) < 4.78 is 24.3. The molecule has 2 aliphatic carbocycles. The van der Waals surface area contributed by atoms with Gasteiger partial charge in [0, 0.05) is 0 Å². The summed E-state index contributed by atoms with van der Waals surface area (Å²) in [4.78, 5) is 10.5. The van der Waals surface area contributed by atoms with Gasteiger partial charge in [-0.25, -0.2) is 4.57 Å². The standard InChI is InChI=1S/C24H47O4P/c25-29(26,27-23-19-15-11-7-3-1-4-8-12-16-20-23)28-24-21-17-13-9-5-2-6-10-14-18-22-24/h23-24H,1-22H2,(H,25,26). The van der Waals surface area contributed by atoms with Gasteiger partial charge in [0.2, 0.25) is 0 Å². The predicted molar refractivity (Wildman–Crippen MR) is 121 cm³/mol. The lowest BCUT2D eigenvalue weighted by molar-refractivity contribution is 0.0573. The van der Waals surface area contributed by atoms with E-state index < -0.39 is 7.82 Å². The zero-order valence-electron chi connectivity index (χ0n) is 18.8. The summed E-state index contributed by atoms with van der Waals surface area (Å²) in [6, 6.07) is 0. The second kappa shape index (κ2) is 15.8. The summed E-state index contributed by atoms with van der Waals surface area (Å²) in [6.07, 6.45) is 25.6. The smallest absolute Gasteiger partial charge is 0.302 e. The summed E-state index contributed by atoms with van der Waals surface area (Å²) >= 11 is 0. The molecule has 0 aromatic rings. The fourth-order valence-corrected chi connectivity index (χ4v) is 6.09. The molecular weight excluding hydrogens is 383 g/mol. The molecule has 0 heterocycles. The van der Waals surface area contributed by atoms with Gasteiger partial charge in [0.1, 0.15) is 0 Å². The maximum Gasteiger partial charge on any atom is 0.472 e. The molecule has 172 valence electrons. The summed E-state index contributed by atoms with van der Waals surface area (Å²) in [5.74, 6) is 0. The fraction of sp³-hybridized carbons (Fsp3) is 1.00. The molecule has 0 aromatic carbocycles. The Bertz CT molecular complexity index is 383. The van der Waals surface area contributed by atoms with E-state index in [2.05, 4.69) is 0 Å². The summed E-state index contributed by atoms with van der Waals surface area (Å²) in [5, 5.41) is 0. The van der Waals surface area contributed by atoms with Crippen molar-refractivity contribution in [3.63, 3.8) is 0 Å². The molecule has 2 rings (SSSR count). The van der Waals surface area contributed by atoms with Gasteiger partial charge in [0.25, 0.3) is 0 Å².